The summed E-state index contributed by atoms with van der Waals surface area (Å²) in [4.78, 5) is 26.4. The maximum Gasteiger partial charge on any atom is 0.323 e. The van der Waals surface area contributed by atoms with Crippen LogP contribution < -0.4 is 10.7 Å². The Hall–Kier alpha value is -3.28. The summed E-state index contributed by atoms with van der Waals surface area (Å²) in [5, 5.41) is 11.0. The molecule has 0 fully saturated rings. The van der Waals surface area contributed by atoms with Crippen LogP contribution in [0.4, 0.5) is 0 Å². The molecule has 0 radical (unpaired) electrons. The fourth-order valence-electron chi connectivity index (χ4n) is 2.81. The minimum atomic E-state index is -0.917. The van der Waals surface area contributed by atoms with E-state index in [1.54, 1.807) is 23.4 Å². The Morgan fingerprint density at radius 2 is 2.00 bits per heavy atom. The number of carboxylic acid groups (broad SMARTS) is 1. The summed E-state index contributed by atoms with van der Waals surface area (Å²) in [5.74, 6) is -0.917. The van der Waals surface area contributed by atoms with Crippen molar-refractivity contribution >= 4 is 23.1 Å². The normalized spacial score (nSPS) is 16.2. The molecule has 3 heterocycles. The zero-order chi connectivity index (χ0) is 16.5. The van der Waals surface area contributed by atoms with E-state index in [9.17, 15) is 9.90 Å². The summed E-state index contributed by atoms with van der Waals surface area (Å²) >= 11 is 0. The maximum atomic E-state index is 11.2. The van der Waals surface area contributed by atoms with Crippen molar-refractivity contribution in [1.82, 2.24) is 14.9 Å². The number of hydrogen-bond acceptors (Lipinski definition) is 5. The molecule has 118 valence electrons. The van der Waals surface area contributed by atoms with Gasteiger partial charge in [-0.1, -0.05) is 24.3 Å². The topological polar surface area (TPSA) is 78.7 Å². The lowest BCUT2D eigenvalue weighted by Crippen LogP contribution is -2.41. The molecule has 1 unspecified atom stereocenters. The number of fused-ring (bicyclic) bond motifs is 2. The zero-order valence-corrected chi connectivity index (χ0v) is 12.7. The van der Waals surface area contributed by atoms with Crippen molar-refractivity contribution in [3.05, 3.63) is 71.1 Å². The number of carbonyl (C=O) groups is 1. The van der Waals surface area contributed by atoms with Crippen LogP contribution >= 0.6 is 0 Å². The van der Waals surface area contributed by atoms with Crippen molar-refractivity contribution in [3.8, 4) is 0 Å². The number of aromatic nitrogens is 2. The van der Waals surface area contributed by atoms with E-state index in [2.05, 4.69) is 15.0 Å². The van der Waals surface area contributed by atoms with Crippen LogP contribution in [0, 0.1) is 0 Å². The molecule has 4 rings (SSSR count). The molecule has 0 aliphatic carbocycles. The predicted molar refractivity (Wildman–Crippen MR) is 88.3 cm³/mol. The van der Waals surface area contributed by atoms with Gasteiger partial charge in [0.05, 0.1) is 11.2 Å². The fourth-order valence-corrected chi connectivity index (χ4v) is 2.81. The van der Waals surface area contributed by atoms with E-state index in [-0.39, 0.29) is 6.54 Å². The molecule has 1 aliphatic heterocycles. The first-order valence-corrected chi connectivity index (χ1v) is 7.55. The van der Waals surface area contributed by atoms with E-state index >= 15 is 0 Å². The lowest BCUT2D eigenvalue weighted by Gasteiger charge is -2.27. The number of hydrogen-bond donors (Lipinski definition) is 1. The van der Waals surface area contributed by atoms with Crippen LogP contribution in [0.5, 0.6) is 0 Å². The standard InChI is InChI=1S/C18H14N4O2/c23-16(24)11-22-10-13-5-3-9-19-17(13)21-18(22)15-8-7-12-4-1-2-6-14(12)20-15/h1-10,18H,11H2,(H,23,24). The number of para-hydroxylation sites is 1. The SMILES string of the molecule is O=C(O)CN1C=c2cccnc2=NC1c1ccc2ccccc2n1. The van der Waals surface area contributed by atoms with Gasteiger partial charge in [0.25, 0.3) is 0 Å². The highest BCUT2D eigenvalue weighted by atomic mass is 16.4. The molecule has 1 atom stereocenters. The summed E-state index contributed by atoms with van der Waals surface area (Å²) in [6, 6.07) is 15.3. The molecule has 3 aromatic rings. The molecule has 1 N–H and O–H groups in total. The molecule has 6 heteroatoms. The molecule has 6 nitrogen and oxygen atoms in total. The van der Waals surface area contributed by atoms with Crippen LogP contribution in [0.15, 0.2) is 59.7 Å². The quantitative estimate of drug-likeness (QED) is 0.782. The summed E-state index contributed by atoms with van der Waals surface area (Å²) < 4.78 is 0. The van der Waals surface area contributed by atoms with Crippen molar-refractivity contribution in [2.24, 2.45) is 4.99 Å². The van der Waals surface area contributed by atoms with Gasteiger partial charge in [0.1, 0.15) is 6.54 Å². The monoisotopic (exact) mass is 318 g/mol. The summed E-state index contributed by atoms with van der Waals surface area (Å²) in [6.45, 7) is -0.156. The second-order valence-electron chi connectivity index (χ2n) is 5.54. The van der Waals surface area contributed by atoms with Crippen molar-refractivity contribution in [1.29, 1.82) is 0 Å². The van der Waals surface area contributed by atoms with Crippen molar-refractivity contribution < 1.29 is 9.90 Å². The highest BCUT2D eigenvalue weighted by Crippen LogP contribution is 2.23. The minimum absolute atomic E-state index is 0.156. The Balaban J connectivity index is 1.86. The van der Waals surface area contributed by atoms with Crippen molar-refractivity contribution in [3.63, 3.8) is 0 Å². The minimum Gasteiger partial charge on any atom is -0.480 e. The molecular formula is C18H14N4O2. The number of pyridine rings is 2. The second-order valence-corrected chi connectivity index (χ2v) is 5.54. The van der Waals surface area contributed by atoms with Crippen LogP contribution in [0.3, 0.4) is 0 Å². The Kier molecular flexibility index (Phi) is 3.42. The Labute approximate surface area is 137 Å². The number of rotatable bonds is 3. The zero-order valence-electron chi connectivity index (χ0n) is 12.7. The number of benzene rings is 1. The Morgan fingerprint density at radius 3 is 2.88 bits per heavy atom. The molecule has 0 saturated carbocycles. The number of nitrogens with zero attached hydrogens (tertiary/aromatic N) is 4. The van der Waals surface area contributed by atoms with Crippen molar-refractivity contribution in [2.45, 2.75) is 6.17 Å². The van der Waals surface area contributed by atoms with E-state index in [1.165, 1.54) is 0 Å². The van der Waals surface area contributed by atoms with Crippen LogP contribution in [0.2, 0.25) is 0 Å². The van der Waals surface area contributed by atoms with Gasteiger partial charge in [-0.3, -0.25) is 4.79 Å². The molecule has 24 heavy (non-hydrogen) atoms. The van der Waals surface area contributed by atoms with E-state index in [1.807, 2.05) is 42.5 Å². The van der Waals surface area contributed by atoms with Crippen LogP contribution in [-0.2, 0) is 4.79 Å². The van der Waals surface area contributed by atoms with Crippen molar-refractivity contribution in [2.75, 3.05) is 6.54 Å². The second kappa shape index (κ2) is 5.73. The average molecular weight is 318 g/mol. The van der Waals surface area contributed by atoms with Gasteiger partial charge in [-0.2, -0.15) is 0 Å². The van der Waals surface area contributed by atoms with Gasteiger partial charge in [0.2, 0.25) is 0 Å². The van der Waals surface area contributed by atoms with Gasteiger partial charge >= 0.3 is 5.97 Å². The first-order valence-electron chi connectivity index (χ1n) is 7.55. The molecule has 2 aromatic heterocycles. The largest absolute Gasteiger partial charge is 0.480 e. The molecular weight excluding hydrogens is 304 g/mol. The maximum absolute atomic E-state index is 11.2. The third kappa shape index (κ3) is 2.58. The first-order chi connectivity index (χ1) is 11.7. The van der Waals surface area contributed by atoms with E-state index in [0.29, 0.717) is 11.2 Å². The van der Waals surface area contributed by atoms with Gasteiger partial charge in [-0.15, -0.1) is 0 Å². The van der Waals surface area contributed by atoms with E-state index in [4.69, 9.17) is 0 Å². The Bertz CT molecular complexity index is 1050. The van der Waals surface area contributed by atoms with E-state index < -0.39 is 12.1 Å². The smallest absolute Gasteiger partial charge is 0.323 e. The number of carboxylic acids is 1. The van der Waals surface area contributed by atoms with Gasteiger partial charge in [-0.25, -0.2) is 15.0 Å². The summed E-state index contributed by atoms with van der Waals surface area (Å²) in [5.41, 5.74) is 2.15. The van der Waals surface area contributed by atoms with Crippen LogP contribution in [0.1, 0.15) is 11.9 Å². The molecule has 0 bridgehead atoms. The van der Waals surface area contributed by atoms with Gasteiger partial charge in [0, 0.05) is 23.0 Å². The molecule has 1 aromatic carbocycles. The van der Waals surface area contributed by atoms with Crippen LogP contribution in [0.25, 0.3) is 17.1 Å². The summed E-state index contributed by atoms with van der Waals surface area (Å²) in [6.07, 6.45) is 2.95. The first kappa shape index (κ1) is 14.3. The highest BCUT2D eigenvalue weighted by molar-refractivity contribution is 5.78. The third-order valence-electron chi connectivity index (χ3n) is 3.88. The average Bonchev–Trinajstić information content (AvgIpc) is 2.60. The third-order valence-corrected chi connectivity index (χ3v) is 3.88. The molecule has 0 saturated heterocycles. The van der Waals surface area contributed by atoms with Gasteiger partial charge < -0.3 is 10.0 Å². The lowest BCUT2D eigenvalue weighted by atomic mass is 10.1. The Morgan fingerprint density at radius 1 is 1.12 bits per heavy atom. The molecule has 1 aliphatic rings. The molecule has 0 amide bonds. The fraction of sp³-hybridized carbons (Fsp3) is 0.111. The highest BCUT2D eigenvalue weighted by Gasteiger charge is 2.23. The number of aliphatic carboxylic acids is 1. The lowest BCUT2D eigenvalue weighted by molar-refractivity contribution is -0.137. The van der Waals surface area contributed by atoms with E-state index in [0.717, 1.165) is 16.1 Å². The predicted octanol–water partition coefficient (Wildman–Crippen LogP) is 1.09. The van der Waals surface area contributed by atoms with Gasteiger partial charge in [-0.05, 0) is 24.3 Å². The van der Waals surface area contributed by atoms with Gasteiger partial charge in [0.15, 0.2) is 11.7 Å². The summed E-state index contributed by atoms with van der Waals surface area (Å²) in [7, 11) is 0. The van der Waals surface area contributed by atoms with Crippen LogP contribution in [-0.4, -0.2) is 32.5 Å². The molecule has 0 spiro atoms.